The van der Waals surface area contributed by atoms with Crippen molar-refractivity contribution in [2.45, 2.75) is 19.5 Å². The van der Waals surface area contributed by atoms with Crippen LogP contribution in [0.4, 0.5) is 13.2 Å². The minimum Gasteiger partial charge on any atom is -0.352 e. The van der Waals surface area contributed by atoms with Crippen molar-refractivity contribution >= 4 is 5.91 Å². The topological polar surface area (TPSA) is 92.7 Å². The van der Waals surface area contributed by atoms with E-state index in [1.165, 1.54) is 0 Å². The van der Waals surface area contributed by atoms with Gasteiger partial charge in [-0.15, -0.1) is 0 Å². The zero-order valence-corrected chi connectivity index (χ0v) is 12.6. The third-order valence-corrected chi connectivity index (χ3v) is 3.96. The maximum Gasteiger partial charge on any atom is 0.434 e. The van der Waals surface area contributed by atoms with Gasteiger partial charge in [-0.2, -0.15) is 23.4 Å². The van der Waals surface area contributed by atoms with Gasteiger partial charge in [0.15, 0.2) is 11.5 Å². The van der Waals surface area contributed by atoms with Gasteiger partial charge in [-0.1, -0.05) is 6.92 Å². The molecular weight excluding hydrogens is 327 g/mol. The Morgan fingerprint density at radius 2 is 2.17 bits per heavy atom. The molecule has 0 aliphatic heterocycles. The molecule has 10 heteroatoms. The van der Waals surface area contributed by atoms with E-state index in [0.717, 1.165) is 24.8 Å². The third kappa shape index (κ3) is 3.17. The lowest BCUT2D eigenvalue weighted by molar-refractivity contribution is -0.143. The van der Waals surface area contributed by atoms with Crippen LogP contribution in [0, 0.1) is 11.8 Å². The Morgan fingerprint density at radius 3 is 2.71 bits per heavy atom. The maximum atomic E-state index is 13.4. The summed E-state index contributed by atoms with van der Waals surface area (Å²) in [5, 5.41) is 11.7. The van der Waals surface area contributed by atoms with E-state index in [1.807, 2.05) is 12.0 Å². The molecule has 3 rings (SSSR count). The van der Waals surface area contributed by atoms with Crippen LogP contribution in [0.3, 0.4) is 0 Å². The molecule has 2 atom stereocenters. The molecule has 1 amide bonds. The number of H-pyrrole nitrogens is 1. The van der Waals surface area contributed by atoms with Crippen molar-refractivity contribution in [2.24, 2.45) is 11.8 Å². The zero-order chi connectivity index (χ0) is 17.5. The molecule has 0 radical (unpaired) electrons. The van der Waals surface area contributed by atoms with Gasteiger partial charge in [0.1, 0.15) is 0 Å². The summed E-state index contributed by atoms with van der Waals surface area (Å²) in [4.78, 5) is 23.1. The summed E-state index contributed by atoms with van der Waals surface area (Å²) in [5.41, 5.74) is -2.37. The number of amides is 1. The first kappa shape index (κ1) is 16.2. The number of hydrogen-bond acceptors (Lipinski definition) is 4. The van der Waals surface area contributed by atoms with Gasteiger partial charge in [0.2, 0.25) is 0 Å². The van der Waals surface area contributed by atoms with E-state index < -0.39 is 28.9 Å². The molecule has 0 saturated heterocycles. The van der Waals surface area contributed by atoms with E-state index >= 15 is 0 Å². The van der Waals surface area contributed by atoms with E-state index in [0.29, 0.717) is 23.1 Å². The number of carbonyl (C=O) groups is 1. The van der Waals surface area contributed by atoms with E-state index in [1.54, 1.807) is 0 Å². The summed E-state index contributed by atoms with van der Waals surface area (Å²) in [6.45, 7) is 2.34. The molecular formula is C14H14F3N5O2. The third-order valence-electron chi connectivity index (χ3n) is 3.96. The normalized spacial score (nSPS) is 20.0. The van der Waals surface area contributed by atoms with Gasteiger partial charge in [-0.05, 0) is 24.3 Å². The molecule has 2 aromatic heterocycles. The highest BCUT2D eigenvalue weighted by Crippen LogP contribution is 2.37. The van der Waals surface area contributed by atoms with Crippen LogP contribution in [0.2, 0.25) is 0 Å². The van der Waals surface area contributed by atoms with Crippen LogP contribution < -0.4 is 10.9 Å². The quantitative estimate of drug-likeness (QED) is 0.878. The average molecular weight is 341 g/mol. The maximum absolute atomic E-state index is 13.4. The number of hydrogen-bond donors (Lipinski definition) is 2. The van der Waals surface area contributed by atoms with Crippen molar-refractivity contribution in [3.8, 4) is 5.82 Å². The second-order valence-corrected chi connectivity index (χ2v) is 5.78. The zero-order valence-electron chi connectivity index (χ0n) is 12.6. The summed E-state index contributed by atoms with van der Waals surface area (Å²) in [7, 11) is 0. The monoisotopic (exact) mass is 341 g/mol. The highest BCUT2D eigenvalue weighted by atomic mass is 19.4. The summed E-state index contributed by atoms with van der Waals surface area (Å²) in [5.74, 6) is -0.298. The average Bonchev–Trinajstić information content (AvgIpc) is 3.03. The largest absolute Gasteiger partial charge is 0.434 e. The highest BCUT2D eigenvalue weighted by Gasteiger charge is 2.41. The molecule has 0 aromatic carbocycles. The van der Waals surface area contributed by atoms with Gasteiger partial charge >= 0.3 is 6.18 Å². The Balaban J connectivity index is 1.93. The SMILES string of the molecule is C[C@@H]1C[C@@H]1CNC(=O)c1cnn(-c2ccc(=O)[nH]n2)c1C(F)(F)F. The molecule has 1 saturated carbocycles. The van der Waals surface area contributed by atoms with Crippen molar-refractivity contribution in [3.05, 3.63) is 39.9 Å². The second-order valence-electron chi connectivity index (χ2n) is 5.78. The molecule has 2 N–H and O–H groups in total. The molecule has 2 heterocycles. The number of nitrogens with one attached hydrogen (secondary N) is 2. The second kappa shape index (κ2) is 5.77. The lowest BCUT2D eigenvalue weighted by Gasteiger charge is -2.12. The molecule has 24 heavy (non-hydrogen) atoms. The van der Waals surface area contributed by atoms with E-state index in [9.17, 15) is 22.8 Å². The van der Waals surface area contributed by atoms with Gasteiger partial charge in [-0.25, -0.2) is 9.78 Å². The molecule has 7 nitrogen and oxygen atoms in total. The van der Waals surface area contributed by atoms with Crippen molar-refractivity contribution < 1.29 is 18.0 Å². The van der Waals surface area contributed by atoms with E-state index in [4.69, 9.17) is 0 Å². The fourth-order valence-corrected chi connectivity index (χ4v) is 2.42. The van der Waals surface area contributed by atoms with Crippen molar-refractivity contribution in [1.29, 1.82) is 0 Å². The standard InChI is InChI=1S/C14H14F3N5O2/c1-7-4-8(7)5-18-13(24)9-6-19-22(12(9)14(15,16)17)10-2-3-11(23)21-20-10/h2-3,6-8H,4-5H2,1H3,(H,18,24)(H,21,23)/t7-,8-/m1/s1. The summed E-state index contributed by atoms with van der Waals surface area (Å²) < 4.78 is 40.7. The van der Waals surface area contributed by atoms with Crippen molar-refractivity contribution in [1.82, 2.24) is 25.3 Å². The molecule has 1 fully saturated rings. The first-order valence-electron chi connectivity index (χ1n) is 7.27. The van der Waals surface area contributed by atoms with Crippen molar-refractivity contribution in [3.63, 3.8) is 0 Å². The predicted octanol–water partition coefficient (Wildman–Crippen LogP) is 1.36. The van der Waals surface area contributed by atoms with E-state index in [2.05, 4.69) is 15.5 Å². The molecule has 0 unspecified atom stereocenters. The van der Waals surface area contributed by atoms with Crippen LogP contribution in [-0.2, 0) is 6.18 Å². The van der Waals surface area contributed by atoms with Gasteiger partial charge in [0.05, 0.1) is 11.8 Å². The van der Waals surface area contributed by atoms with Crippen LogP contribution in [0.5, 0.6) is 0 Å². The number of carbonyl (C=O) groups excluding carboxylic acids is 1. The fraction of sp³-hybridized carbons (Fsp3) is 0.429. The van der Waals surface area contributed by atoms with Crippen LogP contribution in [0.1, 0.15) is 29.4 Å². The molecule has 128 valence electrons. The Labute approximate surface area is 133 Å². The Hall–Kier alpha value is -2.65. The van der Waals surface area contributed by atoms with Gasteiger partial charge in [0.25, 0.3) is 11.5 Å². The molecule has 0 bridgehead atoms. The van der Waals surface area contributed by atoms with Gasteiger partial charge < -0.3 is 5.32 Å². The first-order valence-corrected chi connectivity index (χ1v) is 7.27. The number of aromatic nitrogens is 4. The van der Waals surface area contributed by atoms with Crippen LogP contribution in [0.25, 0.3) is 5.82 Å². The van der Waals surface area contributed by atoms with E-state index in [-0.39, 0.29) is 5.82 Å². The predicted molar refractivity (Wildman–Crippen MR) is 76.6 cm³/mol. The Bertz CT molecular complexity index is 806. The van der Waals surface area contributed by atoms with Crippen LogP contribution in [0.15, 0.2) is 23.1 Å². The van der Waals surface area contributed by atoms with Crippen LogP contribution >= 0.6 is 0 Å². The molecule has 0 spiro atoms. The number of aromatic amines is 1. The smallest absolute Gasteiger partial charge is 0.352 e. The number of alkyl halides is 3. The van der Waals surface area contributed by atoms with Gasteiger partial charge in [-0.3, -0.25) is 9.59 Å². The lowest BCUT2D eigenvalue weighted by atomic mass is 10.2. The number of halogens is 3. The Morgan fingerprint density at radius 1 is 1.46 bits per heavy atom. The molecule has 2 aromatic rings. The summed E-state index contributed by atoms with van der Waals surface area (Å²) >= 11 is 0. The first-order chi connectivity index (χ1) is 11.3. The Kier molecular flexibility index (Phi) is 3.90. The minimum atomic E-state index is -4.81. The summed E-state index contributed by atoms with van der Waals surface area (Å²) in [6.07, 6.45) is -3.01. The highest BCUT2D eigenvalue weighted by molar-refractivity contribution is 5.95. The number of rotatable bonds is 4. The molecule has 1 aliphatic carbocycles. The lowest BCUT2D eigenvalue weighted by Crippen LogP contribution is -2.28. The number of nitrogens with zero attached hydrogens (tertiary/aromatic N) is 3. The fourth-order valence-electron chi connectivity index (χ4n) is 2.42. The minimum absolute atomic E-state index is 0.239. The molecule has 1 aliphatic rings. The van der Waals surface area contributed by atoms with Crippen LogP contribution in [-0.4, -0.2) is 32.4 Å². The van der Waals surface area contributed by atoms with Crippen molar-refractivity contribution in [2.75, 3.05) is 6.54 Å². The van der Waals surface area contributed by atoms with Gasteiger partial charge in [0, 0.05) is 12.6 Å². The summed E-state index contributed by atoms with van der Waals surface area (Å²) in [6, 6.07) is 2.12.